The molecule has 4 heteroatoms. The molecule has 1 aromatic heterocycles. The summed E-state index contributed by atoms with van der Waals surface area (Å²) in [6.45, 7) is 1.51. The van der Waals surface area contributed by atoms with Crippen molar-refractivity contribution in [2.75, 3.05) is 19.3 Å². The maximum atomic E-state index is 10.1. The molecule has 0 spiro atoms. The smallest absolute Gasteiger partial charge is 0.0960 e. The summed E-state index contributed by atoms with van der Waals surface area (Å²) in [5, 5.41) is 11.0. The Bertz CT molecular complexity index is 492. The van der Waals surface area contributed by atoms with Crippen molar-refractivity contribution in [1.82, 2.24) is 9.88 Å². The molecule has 0 radical (unpaired) electrons. The van der Waals surface area contributed by atoms with Crippen molar-refractivity contribution in [1.29, 1.82) is 0 Å². The zero-order valence-electron chi connectivity index (χ0n) is 11.6. The number of nitrogens with zero attached hydrogens (tertiary/aromatic N) is 2. The minimum atomic E-state index is -0.351. The van der Waals surface area contributed by atoms with E-state index in [2.05, 4.69) is 22.0 Å². The number of rotatable bonds is 7. The molecule has 3 nitrogen and oxygen atoms in total. The molecule has 0 saturated carbocycles. The van der Waals surface area contributed by atoms with E-state index < -0.39 is 0 Å². The molecule has 0 bridgehead atoms. The molecular formula is C16H20N2OS. The fraction of sp³-hybridized carbons (Fsp3) is 0.312. The Morgan fingerprint density at radius 2 is 1.90 bits per heavy atom. The Balaban J connectivity index is 1.72. The number of aromatic nitrogens is 1. The van der Waals surface area contributed by atoms with Crippen LogP contribution in [-0.2, 0) is 6.54 Å². The molecule has 1 aromatic carbocycles. The van der Waals surface area contributed by atoms with Crippen LogP contribution in [0.15, 0.2) is 59.8 Å². The molecule has 0 aliphatic rings. The van der Waals surface area contributed by atoms with E-state index in [1.807, 2.05) is 43.4 Å². The normalized spacial score (nSPS) is 12.6. The summed E-state index contributed by atoms with van der Waals surface area (Å²) in [7, 11) is 2.03. The molecule has 2 rings (SSSR count). The van der Waals surface area contributed by atoms with Crippen LogP contribution in [0.5, 0.6) is 0 Å². The van der Waals surface area contributed by atoms with Gasteiger partial charge in [-0.05, 0) is 24.7 Å². The van der Waals surface area contributed by atoms with Crippen LogP contribution in [0.3, 0.4) is 0 Å². The zero-order chi connectivity index (χ0) is 14.2. The lowest BCUT2D eigenvalue weighted by atomic mass is 10.2. The Hall–Kier alpha value is -1.36. The van der Waals surface area contributed by atoms with Gasteiger partial charge >= 0.3 is 0 Å². The topological polar surface area (TPSA) is 36.4 Å². The monoisotopic (exact) mass is 288 g/mol. The third-order valence-corrected chi connectivity index (χ3v) is 3.97. The number of likely N-dealkylation sites (N-methyl/N-ethyl adjacent to an activating group) is 1. The third kappa shape index (κ3) is 5.33. The molecule has 0 saturated heterocycles. The lowest BCUT2D eigenvalue weighted by Crippen LogP contribution is -2.30. The fourth-order valence-electron chi connectivity index (χ4n) is 1.99. The average Bonchev–Trinajstić information content (AvgIpc) is 2.47. The van der Waals surface area contributed by atoms with Gasteiger partial charge in [-0.25, -0.2) is 4.98 Å². The van der Waals surface area contributed by atoms with Crippen LogP contribution in [0.1, 0.15) is 5.56 Å². The van der Waals surface area contributed by atoms with Gasteiger partial charge in [0, 0.05) is 25.0 Å². The summed E-state index contributed by atoms with van der Waals surface area (Å²) in [6.07, 6.45) is 1.42. The van der Waals surface area contributed by atoms with E-state index in [0.29, 0.717) is 12.3 Å². The SMILES string of the molecule is CN(Cc1ccccc1)CC(O)CSc1ccccn1. The van der Waals surface area contributed by atoms with Gasteiger partial charge in [0.15, 0.2) is 0 Å². The Kier molecular flexibility index (Phi) is 6.05. The second-order valence-electron chi connectivity index (χ2n) is 4.82. The second kappa shape index (κ2) is 8.04. The van der Waals surface area contributed by atoms with Gasteiger partial charge in [-0.15, -0.1) is 11.8 Å². The van der Waals surface area contributed by atoms with Crippen molar-refractivity contribution >= 4 is 11.8 Å². The molecule has 20 heavy (non-hydrogen) atoms. The van der Waals surface area contributed by atoms with Crippen LogP contribution in [0.4, 0.5) is 0 Å². The molecule has 1 atom stereocenters. The highest BCUT2D eigenvalue weighted by Crippen LogP contribution is 2.15. The van der Waals surface area contributed by atoms with Crippen LogP contribution in [-0.4, -0.2) is 40.4 Å². The maximum Gasteiger partial charge on any atom is 0.0960 e. The first-order valence-corrected chi connectivity index (χ1v) is 7.67. The Morgan fingerprint density at radius 3 is 2.60 bits per heavy atom. The van der Waals surface area contributed by atoms with Crippen molar-refractivity contribution in [2.45, 2.75) is 17.7 Å². The van der Waals surface area contributed by atoms with E-state index >= 15 is 0 Å². The number of aliphatic hydroxyl groups excluding tert-OH is 1. The van der Waals surface area contributed by atoms with Crippen LogP contribution >= 0.6 is 11.8 Å². The van der Waals surface area contributed by atoms with Gasteiger partial charge in [0.2, 0.25) is 0 Å². The predicted molar refractivity (Wildman–Crippen MR) is 83.7 cm³/mol. The van der Waals surface area contributed by atoms with Gasteiger partial charge in [-0.2, -0.15) is 0 Å². The highest BCUT2D eigenvalue weighted by Gasteiger charge is 2.09. The molecule has 0 aliphatic heterocycles. The van der Waals surface area contributed by atoms with Crippen LogP contribution in [0.25, 0.3) is 0 Å². The predicted octanol–water partition coefficient (Wildman–Crippen LogP) is 2.67. The quantitative estimate of drug-likeness (QED) is 0.795. The highest BCUT2D eigenvalue weighted by atomic mass is 32.2. The van der Waals surface area contributed by atoms with Gasteiger partial charge < -0.3 is 5.11 Å². The van der Waals surface area contributed by atoms with E-state index in [9.17, 15) is 5.11 Å². The van der Waals surface area contributed by atoms with Crippen molar-refractivity contribution < 1.29 is 5.11 Å². The summed E-state index contributed by atoms with van der Waals surface area (Å²) >= 11 is 1.59. The van der Waals surface area contributed by atoms with Crippen LogP contribution in [0, 0.1) is 0 Å². The third-order valence-electron chi connectivity index (χ3n) is 2.88. The van der Waals surface area contributed by atoms with Gasteiger partial charge in [-0.1, -0.05) is 36.4 Å². The number of pyridine rings is 1. The van der Waals surface area contributed by atoms with E-state index in [-0.39, 0.29) is 6.10 Å². The summed E-state index contributed by atoms with van der Waals surface area (Å²) in [6, 6.07) is 16.1. The Morgan fingerprint density at radius 1 is 1.15 bits per heavy atom. The largest absolute Gasteiger partial charge is 0.391 e. The number of hydrogen-bond donors (Lipinski definition) is 1. The van der Waals surface area contributed by atoms with Crippen molar-refractivity contribution in [3.8, 4) is 0 Å². The number of thioether (sulfide) groups is 1. The van der Waals surface area contributed by atoms with E-state index in [4.69, 9.17) is 0 Å². The van der Waals surface area contributed by atoms with Crippen molar-refractivity contribution in [3.63, 3.8) is 0 Å². The van der Waals surface area contributed by atoms with E-state index in [0.717, 1.165) is 11.6 Å². The Labute approximate surface area is 124 Å². The van der Waals surface area contributed by atoms with Crippen molar-refractivity contribution in [2.24, 2.45) is 0 Å². The van der Waals surface area contributed by atoms with E-state index in [1.54, 1.807) is 18.0 Å². The molecule has 0 fully saturated rings. The summed E-state index contributed by atoms with van der Waals surface area (Å²) in [5.41, 5.74) is 1.26. The summed E-state index contributed by atoms with van der Waals surface area (Å²) in [5.74, 6) is 0.663. The minimum Gasteiger partial charge on any atom is -0.391 e. The highest BCUT2D eigenvalue weighted by molar-refractivity contribution is 7.99. The molecule has 0 amide bonds. The lowest BCUT2D eigenvalue weighted by Gasteiger charge is -2.20. The second-order valence-corrected chi connectivity index (χ2v) is 5.86. The number of aliphatic hydroxyl groups is 1. The van der Waals surface area contributed by atoms with Gasteiger partial charge in [0.25, 0.3) is 0 Å². The lowest BCUT2D eigenvalue weighted by molar-refractivity contribution is 0.142. The zero-order valence-corrected chi connectivity index (χ0v) is 12.5. The number of hydrogen-bond acceptors (Lipinski definition) is 4. The number of benzene rings is 1. The standard InChI is InChI=1S/C16H20N2OS/c1-18(11-14-7-3-2-4-8-14)12-15(19)13-20-16-9-5-6-10-17-16/h2-10,15,19H,11-13H2,1H3. The maximum absolute atomic E-state index is 10.1. The average molecular weight is 288 g/mol. The molecular weight excluding hydrogens is 268 g/mol. The first-order valence-electron chi connectivity index (χ1n) is 6.68. The first-order chi connectivity index (χ1) is 9.74. The van der Waals surface area contributed by atoms with E-state index in [1.165, 1.54) is 5.56 Å². The molecule has 106 valence electrons. The summed E-state index contributed by atoms with van der Waals surface area (Å²) < 4.78 is 0. The molecule has 1 unspecified atom stereocenters. The first kappa shape index (κ1) is 15.0. The summed E-state index contributed by atoms with van der Waals surface area (Å²) in [4.78, 5) is 6.37. The molecule has 0 aliphatic carbocycles. The van der Waals surface area contributed by atoms with Crippen molar-refractivity contribution in [3.05, 3.63) is 60.3 Å². The molecule has 2 aromatic rings. The van der Waals surface area contributed by atoms with Gasteiger partial charge in [-0.3, -0.25) is 4.90 Å². The molecule has 1 N–H and O–H groups in total. The van der Waals surface area contributed by atoms with Crippen LogP contribution < -0.4 is 0 Å². The molecule has 1 heterocycles. The van der Waals surface area contributed by atoms with Crippen LogP contribution in [0.2, 0.25) is 0 Å². The van der Waals surface area contributed by atoms with Gasteiger partial charge in [0.05, 0.1) is 11.1 Å². The van der Waals surface area contributed by atoms with Gasteiger partial charge in [0.1, 0.15) is 0 Å². The fourth-order valence-corrected chi connectivity index (χ4v) is 2.76. The minimum absolute atomic E-state index is 0.351.